The Morgan fingerprint density at radius 2 is 1.85 bits per heavy atom. The van der Waals surface area contributed by atoms with Crippen molar-refractivity contribution in [3.05, 3.63) is 59.7 Å². The van der Waals surface area contributed by atoms with Crippen LogP contribution in [0.15, 0.2) is 48.5 Å². The van der Waals surface area contributed by atoms with Gasteiger partial charge in [-0.25, -0.2) is 0 Å². The van der Waals surface area contributed by atoms with Crippen molar-refractivity contribution in [3.8, 4) is 17.1 Å². The molecule has 6 nitrogen and oxygen atoms in total. The Kier molecular flexibility index (Phi) is 4.75. The van der Waals surface area contributed by atoms with Gasteiger partial charge in [-0.2, -0.15) is 4.98 Å². The van der Waals surface area contributed by atoms with Crippen LogP contribution >= 0.6 is 0 Å². The van der Waals surface area contributed by atoms with E-state index in [-0.39, 0.29) is 17.3 Å². The van der Waals surface area contributed by atoms with Crippen LogP contribution in [0.2, 0.25) is 0 Å². The molecule has 1 amide bonds. The standard InChI is InChI=1S/C20H22N4O2/c1-20(2,3)15-10-8-13(9-11-15)17-21-19(24-23-17)22-18(25)14-6-5-7-16(12-14)26-4/h5-12H,1-4H3,(H2,21,22,23,24,25). The highest BCUT2D eigenvalue weighted by Gasteiger charge is 2.15. The first-order chi connectivity index (χ1) is 12.4. The number of aromatic amines is 1. The van der Waals surface area contributed by atoms with Crippen LogP contribution < -0.4 is 10.1 Å². The molecule has 0 bridgehead atoms. The molecule has 0 aliphatic carbocycles. The number of hydrogen-bond acceptors (Lipinski definition) is 4. The summed E-state index contributed by atoms with van der Waals surface area (Å²) in [5.74, 6) is 1.16. The number of benzene rings is 2. The van der Waals surface area contributed by atoms with Gasteiger partial charge in [-0.05, 0) is 29.2 Å². The maximum atomic E-state index is 12.3. The van der Waals surface area contributed by atoms with Crippen LogP contribution in [-0.2, 0) is 5.41 Å². The summed E-state index contributed by atoms with van der Waals surface area (Å²) >= 11 is 0. The number of H-pyrrole nitrogens is 1. The lowest BCUT2D eigenvalue weighted by molar-refractivity contribution is 0.102. The third-order valence-electron chi connectivity index (χ3n) is 4.07. The smallest absolute Gasteiger partial charge is 0.258 e. The van der Waals surface area contributed by atoms with Gasteiger partial charge in [-0.15, -0.1) is 5.10 Å². The maximum absolute atomic E-state index is 12.3. The second-order valence-electron chi connectivity index (χ2n) is 7.02. The molecule has 3 aromatic rings. The van der Waals surface area contributed by atoms with E-state index in [1.54, 1.807) is 31.4 Å². The van der Waals surface area contributed by atoms with Gasteiger partial charge in [0.1, 0.15) is 5.75 Å². The molecule has 0 radical (unpaired) electrons. The first-order valence-corrected chi connectivity index (χ1v) is 8.35. The van der Waals surface area contributed by atoms with Crippen molar-refractivity contribution in [2.45, 2.75) is 26.2 Å². The summed E-state index contributed by atoms with van der Waals surface area (Å²) in [5, 5.41) is 9.62. The summed E-state index contributed by atoms with van der Waals surface area (Å²) in [6, 6.07) is 15.0. The van der Waals surface area contributed by atoms with E-state index in [4.69, 9.17) is 4.74 Å². The molecular weight excluding hydrogens is 328 g/mol. The number of carbonyl (C=O) groups excluding carboxylic acids is 1. The van der Waals surface area contributed by atoms with Crippen LogP contribution in [0.5, 0.6) is 5.75 Å². The van der Waals surface area contributed by atoms with Crippen molar-refractivity contribution in [2.24, 2.45) is 0 Å². The third kappa shape index (κ3) is 3.91. The Morgan fingerprint density at radius 1 is 1.12 bits per heavy atom. The maximum Gasteiger partial charge on any atom is 0.258 e. The quantitative estimate of drug-likeness (QED) is 0.744. The Morgan fingerprint density at radius 3 is 2.50 bits per heavy atom. The van der Waals surface area contributed by atoms with Gasteiger partial charge < -0.3 is 4.74 Å². The van der Waals surface area contributed by atoms with Crippen LogP contribution in [0.1, 0.15) is 36.7 Å². The molecule has 0 aliphatic rings. The molecule has 1 heterocycles. The SMILES string of the molecule is COc1cccc(C(=O)Nc2n[nH]c(-c3ccc(C(C)(C)C)cc3)n2)c1. The van der Waals surface area contributed by atoms with Crippen LogP contribution in [0, 0.1) is 0 Å². The van der Waals surface area contributed by atoms with Gasteiger partial charge >= 0.3 is 0 Å². The fraction of sp³-hybridized carbons (Fsp3) is 0.250. The number of hydrogen-bond donors (Lipinski definition) is 2. The number of methoxy groups -OCH3 is 1. The topological polar surface area (TPSA) is 79.9 Å². The summed E-state index contributed by atoms with van der Waals surface area (Å²) in [5.41, 5.74) is 2.72. The predicted molar refractivity (Wildman–Crippen MR) is 101 cm³/mol. The average Bonchev–Trinajstić information content (AvgIpc) is 3.09. The fourth-order valence-corrected chi connectivity index (χ4v) is 2.51. The van der Waals surface area contributed by atoms with Crippen LogP contribution in [0.3, 0.4) is 0 Å². The zero-order chi connectivity index (χ0) is 18.7. The van der Waals surface area contributed by atoms with E-state index in [1.807, 2.05) is 12.1 Å². The summed E-state index contributed by atoms with van der Waals surface area (Å²) < 4.78 is 5.13. The lowest BCUT2D eigenvalue weighted by atomic mass is 9.87. The van der Waals surface area contributed by atoms with E-state index < -0.39 is 0 Å². The molecule has 3 rings (SSSR count). The molecule has 0 fully saturated rings. The average molecular weight is 350 g/mol. The first kappa shape index (κ1) is 17.7. The minimum absolute atomic E-state index is 0.0931. The molecule has 134 valence electrons. The Balaban J connectivity index is 1.74. The molecule has 0 atom stereocenters. The van der Waals surface area contributed by atoms with E-state index in [0.717, 1.165) is 5.56 Å². The molecule has 1 aromatic heterocycles. The van der Waals surface area contributed by atoms with Crippen LogP contribution in [-0.4, -0.2) is 28.2 Å². The number of nitrogens with one attached hydrogen (secondary N) is 2. The monoisotopic (exact) mass is 350 g/mol. The second-order valence-corrected chi connectivity index (χ2v) is 7.02. The number of rotatable bonds is 4. The van der Waals surface area contributed by atoms with Gasteiger partial charge in [0, 0.05) is 11.1 Å². The van der Waals surface area contributed by atoms with E-state index in [2.05, 4.69) is 53.4 Å². The molecule has 0 spiro atoms. The number of carbonyl (C=O) groups is 1. The lowest BCUT2D eigenvalue weighted by Gasteiger charge is -2.18. The molecule has 6 heteroatoms. The van der Waals surface area contributed by atoms with Crippen LogP contribution in [0.25, 0.3) is 11.4 Å². The Hall–Kier alpha value is -3.15. The van der Waals surface area contributed by atoms with Crippen molar-refractivity contribution in [1.29, 1.82) is 0 Å². The normalized spacial score (nSPS) is 11.2. The zero-order valence-electron chi connectivity index (χ0n) is 15.3. The minimum Gasteiger partial charge on any atom is -0.497 e. The number of amides is 1. The number of nitrogens with zero attached hydrogens (tertiary/aromatic N) is 2. The molecule has 0 saturated carbocycles. The van der Waals surface area contributed by atoms with Gasteiger partial charge in [-0.3, -0.25) is 15.2 Å². The molecule has 0 saturated heterocycles. The van der Waals surface area contributed by atoms with Crippen LogP contribution in [0.4, 0.5) is 5.95 Å². The second kappa shape index (κ2) is 7.00. The lowest BCUT2D eigenvalue weighted by Crippen LogP contribution is -2.13. The van der Waals surface area contributed by atoms with E-state index in [0.29, 0.717) is 17.1 Å². The van der Waals surface area contributed by atoms with Gasteiger partial charge in [0.05, 0.1) is 7.11 Å². The zero-order valence-corrected chi connectivity index (χ0v) is 15.3. The molecule has 2 aromatic carbocycles. The van der Waals surface area contributed by atoms with Gasteiger partial charge in [0.25, 0.3) is 5.91 Å². The summed E-state index contributed by atoms with van der Waals surface area (Å²) in [7, 11) is 1.56. The Bertz CT molecular complexity index is 908. The van der Waals surface area contributed by atoms with E-state index >= 15 is 0 Å². The molecule has 26 heavy (non-hydrogen) atoms. The number of anilines is 1. The highest BCUT2D eigenvalue weighted by molar-refractivity contribution is 6.03. The molecule has 2 N–H and O–H groups in total. The van der Waals surface area contributed by atoms with Crippen molar-refractivity contribution < 1.29 is 9.53 Å². The summed E-state index contributed by atoms with van der Waals surface area (Å²) in [4.78, 5) is 16.7. The first-order valence-electron chi connectivity index (χ1n) is 8.35. The van der Waals surface area contributed by atoms with Crippen molar-refractivity contribution in [3.63, 3.8) is 0 Å². The van der Waals surface area contributed by atoms with E-state index in [9.17, 15) is 4.79 Å². The van der Waals surface area contributed by atoms with Gasteiger partial charge in [0.15, 0.2) is 5.82 Å². The molecule has 0 aliphatic heterocycles. The third-order valence-corrected chi connectivity index (χ3v) is 4.07. The number of ether oxygens (including phenoxy) is 1. The summed E-state index contributed by atoms with van der Waals surface area (Å²) in [6.07, 6.45) is 0. The highest BCUT2D eigenvalue weighted by Crippen LogP contribution is 2.25. The Labute approximate surface area is 152 Å². The van der Waals surface area contributed by atoms with Crippen molar-refractivity contribution >= 4 is 11.9 Å². The van der Waals surface area contributed by atoms with Crippen molar-refractivity contribution in [2.75, 3.05) is 12.4 Å². The summed E-state index contributed by atoms with van der Waals surface area (Å²) in [6.45, 7) is 6.51. The van der Waals surface area contributed by atoms with Gasteiger partial charge in [0.2, 0.25) is 5.95 Å². The van der Waals surface area contributed by atoms with Crippen molar-refractivity contribution in [1.82, 2.24) is 15.2 Å². The van der Waals surface area contributed by atoms with Gasteiger partial charge in [-0.1, -0.05) is 51.1 Å². The minimum atomic E-state index is -0.294. The highest BCUT2D eigenvalue weighted by atomic mass is 16.5. The predicted octanol–water partition coefficient (Wildman–Crippen LogP) is 4.03. The molecular formula is C20H22N4O2. The fourth-order valence-electron chi connectivity index (χ4n) is 2.51. The van der Waals surface area contributed by atoms with E-state index in [1.165, 1.54) is 5.56 Å². The number of aromatic nitrogens is 3. The largest absolute Gasteiger partial charge is 0.497 e. The molecule has 0 unspecified atom stereocenters.